The van der Waals surface area contributed by atoms with Gasteiger partial charge in [0.25, 0.3) is 0 Å². The van der Waals surface area contributed by atoms with Crippen molar-refractivity contribution < 1.29 is 9.13 Å². The molecule has 1 saturated carbocycles. The van der Waals surface area contributed by atoms with E-state index in [0.717, 1.165) is 19.3 Å². The number of benzene rings is 1. The van der Waals surface area contributed by atoms with Gasteiger partial charge in [0.05, 0.1) is 11.7 Å². The third kappa shape index (κ3) is 2.97. The fourth-order valence-corrected chi connectivity index (χ4v) is 2.36. The Balaban J connectivity index is 2.10. The topological polar surface area (TPSA) is 33.0 Å². The highest BCUT2D eigenvalue weighted by Crippen LogP contribution is 2.29. The number of hydrogen-bond donors (Lipinski definition) is 0. The van der Waals surface area contributed by atoms with Gasteiger partial charge in [-0.05, 0) is 43.4 Å². The number of hydrogen-bond acceptors (Lipinski definition) is 2. The average Bonchev–Trinajstić information content (AvgIpc) is 2.31. The fourth-order valence-electron chi connectivity index (χ4n) is 2.36. The van der Waals surface area contributed by atoms with Crippen LogP contribution in [0.2, 0.25) is 0 Å². The van der Waals surface area contributed by atoms with Crippen molar-refractivity contribution in [1.82, 2.24) is 0 Å². The van der Waals surface area contributed by atoms with Gasteiger partial charge < -0.3 is 4.74 Å². The zero-order valence-electron chi connectivity index (χ0n) is 9.95. The molecule has 2 atom stereocenters. The molecule has 1 aromatic carbocycles. The van der Waals surface area contributed by atoms with Crippen molar-refractivity contribution >= 4 is 0 Å². The summed E-state index contributed by atoms with van der Waals surface area (Å²) in [6.45, 7) is 2.21. The molecule has 0 radical (unpaired) electrons. The first kappa shape index (κ1) is 11.9. The molecule has 0 amide bonds. The molecule has 0 aromatic heterocycles. The van der Waals surface area contributed by atoms with Crippen LogP contribution in [0.15, 0.2) is 18.2 Å². The SMILES string of the molecule is CC1CCCC(Oc2ccc(F)cc2C#N)C1. The van der Waals surface area contributed by atoms with Gasteiger partial charge >= 0.3 is 0 Å². The first-order valence-corrected chi connectivity index (χ1v) is 6.05. The summed E-state index contributed by atoms with van der Waals surface area (Å²) in [6, 6.07) is 6.08. The lowest BCUT2D eigenvalue weighted by Crippen LogP contribution is -2.24. The molecule has 0 spiro atoms. The smallest absolute Gasteiger partial charge is 0.137 e. The number of rotatable bonds is 2. The molecule has 0 N–H and O–H groups in total. The molecule has 0 bridgehead atoms. The van der Waals surface area contributed by atoms with E-state index in [2.05, 4.69) is 6.92 Å². The van der Waals surface area contributed by atoms with E-state index >= 15 is 0 Å². The van der Waals surface area contributed by atoms with Gasteiger partial charge in [-0.2, -0.15) is 5.26 Å². The maximum absolute atomic E-state index is 13.0. The van der Waals surface area contributed by atoms with Crippen LogP contribution in [0.1, 0.15) is 38.2 Å². The molecule has 1 aromatic rings. The first-order valence-electron chi connectivity index (χ1n) is 6.05. The molecular formula is C14H16FNO. The molecule has 3 heteroatoms. The molecule has 0 aliphatic heterocycles. The van der Waals surface area contributed by atoms with E-state index in [1.807, 2.05) is 6.07 Å². The average molecular weight is 233 g/mol. The van der Waals surface area contributed by atoms with Gasteiger partial charge in [-0.25, -0.2) is 4.39 Å². The Bertz CT molecular complexity index is 438. The normalized spacial score (nSPS) is 24.1. The van der Waals surface area contributed by atoms with E-state index < -0.39 is 5.82 Å². The van der Waals surface area contributed by atoms with Gasteiger partial charge in [0.1, 0.15) is 17.6 Å². The molecule has 2 nitrogen and oxygen atoms in total. The number of halogens is 1. The van der Waals surface area contributed by atoms with Gasteiger partial charge in [-0.1, -0.05) is 13.3 Å². The van der Waals surface area contributed by atoms with Crippen LogP contribution < -0.4 is 4.74 Å². The van der Waals surface area contributed by atoms with Gasteiger partial charge in [0.2, 0.25) is 0 Å². The quantitative estimate of drug-likeness (QED) is 0.781. The Morgan fingerprint density at radius 1 is 1.41 bits per heavy atom. The molecular weight excluding hydrogens is 217 g/mol. The molecule has 1 aliphatic rings. The van der Waals surface area contributed by atoms with Crippen LogP contribution in [-0.2, 0) is 0 Å². The summed E-state index contributed by atoms with van der Waals surface area (Å²) in [4.78, 5) is 0. The van der Waals surface area contributed by atoms with Crippen molar-refractivity contribution in [2.75, 3.05) is 0 Å². The lowest BCUT2D eigenvalue weighted by Gasteiger charge is -2.27. The highest BCUT2D eigenvalue weighted by atomic mass is 19.1. The van der Waals surface area contributed by atoms with Crippen molar-refractivity contribution in [3.63, 3.8) is 0 Å². The van der Waals surface area contributed by atoms with E-state index in [9.17, 15) is 4.39 Å². The van der Waals surface area contributed by atoms with E-state index in [1.54, 1.807) is 6.07 Å². The Hall–Kier alpha value is -1.56. The summed E-state index contributed by atoms with van der Waals surface area (Å²) in [6.07, 6.45) is 4.61. The largest absolute Gasteiger partial charge is 0.489 e. The zero-order valence-corrected chi connectivity index (χ0v) is 9.95. The lowest BCUT2D eigenvalue weighted by molar-refractivity contribution is 0.129. The van der Waals surface area contributed by atoms with Gasteiger partial charge in [0.15, 0.2) is 0 Å². The number of nitrogens with zero attached hydrogens (tertiary/aromatic N) is 1. The van der Waals surface area contributed by atoms with Crippen molar-refractivity contribution in [3.8, 4) is 11.8 Å². The standard InChI is InChI=1S/C14H16FNO/c1-10-3-2-4-13(7-10)17-14-6-5-12(15)8-11(14)9-16/h5-6,8,10,13H,2-4,7H2,1H3. The first-order chi connectivity index (χ1) is 8.19. The third-order valence-electron chi connectivity index (χ3n) is 3.24. The van der Waals surface area contributed by atoms with Gasteiger partial charge in [-0.15, -0.1) is 0 Å². The van der Waals surface area contributed by atoms with Crippen molar-refractivity contribution in [3.05, 3.63) is 29.6 Å². The second kappa shape index (κ2) is 5.18. The molecule has 90 valence electrons. The molecule has 0 heterocycles. The minimum absolute atomic E-state index is 0.163. The number of ether oxygens (including phenoxy) is 1. The van der Waals surface area contributed by atoms with Crippen molar-refractivity contribution in [2.45, 2.75) is 38.7 Å². The van der Waals surface area contributed by atoms with Gasteiger partial charge in [0, 0.05) is 0 Å². The minimum Gasteiger partial charge on any atom is -0.489 e. The molecule has 2 unspecified atom stereocenters. The summed E-state index contributed by atoms with van der Waals surface area (Å²) in [5.41, 5.74) is 0.281. The predicted molar refractivity (Wildman–Crippen MR) is 63.2 cm³/mol. The van der Waals surface area contributed by atoms with Gasteiger partial charge in [-0.3, -0.25) is 0 Å². The summed E-state index contributed by atoms with van der Waals surface area (Å²) in [5, 5.41) is 8.93. The van der Waals surface area contributed by atoms with E-state index in [-0.39, 0.29) is 11.7 Å². The van der Waals surface area contributed by atoms with Crippen LogP contribution in [0.3, 0.4) is 0 Å². The van der Waals surface area contributed by atoms with Crippen LogP contribution in [0.25, 0.3) is 0 Å². The van der Waals surface area contributed by atoms with Crippen LogP contribution in [0, 0.1) is 23.1 Å². The molecule has 2 rings (SSSR count). The maximum Gasteiger partial charge on any atom is 0.137 e. The van der Waals surface area contributed by atoms with Crippen molar-refractivity contribution in [1.29, 1.82) is 5.26 Å². The highest BCUT2D eigenvalue weighted by molar-refractivity contribution is 5.43. The van der Waals surface area contributed by atoms with E-state index in [0.29, 0.717) is 11.7 Å². The Morgan fingerprint density at radius 3 is 2.94 bits per heavy atom. The van der Waals surface area contributed by atoms with Crippen LogP contribution in [0.5, 0.6) is 5.75 Å². The second-order valence-electron chi connectivity index (χ2n) is 4.76. The monoisotopic (exact) mass is 233 g/mol. The molecule has 1 aliphatic carbocycles. The molecule has 17 heavy (non-hydrogen) atoms. The van der Waals surface area contributed by atoms with Crippen LogP contribution in [0.4, 0.5) is 4.39 Å². The predicted octanol–water partition coefficient (Wildman–Crippen LogP) is 3.65. The van der Waals surface area contributed by atoms with E-state index in [1.165, 1.54) is 18.6 Å². The summed E-state index contributed by atoms with van der Waals surface area (Å²) in [5.74, 6) is 0.777. The minimum atomic E-state index is -0.397. The Kier molecular flexibility index (Phi) is 3.63. The highest BCUT2D eigenvalue weighted by Gasteiger charge is 2.21. The zero-order chi connectivity index (χ0) is 12.3. The fraction of sp³-hybridized carbons (Fsp3) is 0.500. The van der Waals surface area contributed by atoms with Crippen LogP contribution >= 0.6 is 0 Å². The Labute approximate surface area is 101 Å². The molecule has 1 fully saturated rings. The molecule has 0 saturated heterocycles. The Morgan fingerprint density at radius 2 is 2.24 bits per heavy atom. The maximum atomic E-state index is 13.0. The van der Waals surface area contributed by atoms with E-state index in [4.69, 9.17) is 10.00 Å². The second-order valence-corrected chi connectivity index (χ2v) is 4.76. The summed E-state index contributed by atoms with van der Waals surface area (Å²) < 4.78 is 18.8. The summed E-state index contributed by atoms with van der Waals surface area (Å²) in [7, 11) is 0. The lowest BCUT2D eigenvalue weighted by atomic mass is 9.88. The van der Waals surface area contributed by atoms with Crippen LogP contribution in [-0.4, -0.2) is 6.10 Å². The summed E-state index contributed by atoms with van der Waals surface area (Å²) >= 11 is 0. The van der Waals surface area contributed by atoms with Crippen molar-refractivity contribution in [2.24, 2.45) is 5.92 Å². The number of nitriles is 1. The third-order valence-corrected chi connectivity index (χ3v) is 3.24.